The first kappa shape index (κ1) is 10.7. The van der Waals surface area contributed by atoms with Crippen molar-refractivity contribution in [2.75, 3.05) is 7.11 Å². The summed E-state index contributed by atoms with van der Waals surface area (Å²) in [6, 6.07) is 10.4. The van der Waals surface area contributed by atoms with Gasteiger partial charge in [-0.2, -0.15) is 0 Å². The molecule has 1 aliphatic heterocycles. The van der Waals surface area contributed by atoms with Crippen molar-refractivity contribution >= 4 is 6.09 Å². The molecule has 0 saturated heterocycles. The van der Waals surface area contributed by atoms with Crippen LogP contribution in [0.4, 0.5) is 4.79 Å². The minimum atomic E-state index is -0.283. The number of rotatable bonds is 2. The normalized spacial score (nSPS) is 18.8. The van der Waals surface area contributed by atoms with Gasteiger partial charge in [-0.3, -0.25) is 4.90 Å². The average molecular weight is 217 g/mol. The van der Waals surface area contributed by atoms with Crippen molar-refractivity contribution in [3.8, 4) is 0 Å². The molecule has 0 radical (unpaired) electrons. The van der Waals surface area contributed by atoms with Crippen molar-refractivity contribution in [3.63, 3.8) is 0 Å². The van der Waals surface area contributed by atoms with Gasteiger partial charge in [0.1, 0.15) is 0 Å². The Labute approximate surface area is 95.3 Å². The summed E-state index contributed by atoms with van der Waals surface area (Å²) >= 11 is 0. The number of methoxy groups -OCH3 is 1. The number of benzene rings is 1. The lowest BCUT2D eigenvalue weighted by Gasteiger charge is -2.22. The molecule has 1 amide bonds. The molecule has 0 fully saturated rings. The second-order valence-corrected chi connectivity index (χ2v) is 3.84. The molecule has 2 rings (SSSR count). The Morgan fingerprint density at radius 2 is 2.19 bits per heavy atom. The largest absolute Gasteiger partial charge is 0.452 e. The number of amides is 1. The van der Waals surface area contributed by atoms with Gasteiger partial charge in [-0.1, -0.05) is 36.4 Å². The Balaban J connectivity index is 2.03. The van der Waals surface area contributed by atoms with Crippen LogP contribution < -0.4 is 0 Å². The maximum atomic E-state index is 11.5. The fraction of sp³-hybridized carbons (Fsp3) is 0.308. The minimum absolute atomic E-state index is 0.190. The maximum Gasteiger partial charge on any atom is 0.413 e. The smallest absolute Gasteiger partial charge is 0.413 e. The Kier molecular flexibility index (Phi) is 3.25. The minimum Gasteiger partial charge on any atom is -0.452 e. The molecule has 0 unspecified atom stereocenters. The van der Waals surface area contributed by atoms with Crippen LogP contribution in [0.15, 0.2) is 42.6 Å². The lowest BCUT2D eigenvalue weighted by molar-refractivity contribution is 0.130. The van der Waals surface area contributed by atoms with Crippen LogP contribution in [0.5, 0.6) is 0 Å². The van der Waals surface area contributed by atoms with Crippen molar-refractivity contribution < 1.29 is 9.53 Å². The molecule has 0 saturated carbocycles. The number of carbonyl (C=O) groups is 1. The first-order valence-electron chi connectivity index (χ1n) is 5.38. The summed E-state index contributed by atoms with van der Waals surface area (Å²) in [6.45, 7) is 0. The van der Waals surface area contributed by atoms with Crippen molar-refractivity contribution in [1.29, 1.82) is 0 Å². The van der Waals surface area contributed by atoms with E-state index in [2.05, 4.69) is 12.1 Å². The number of hydrogen-bond donors (Lipinski definition) is 0. The molecular weight excluding hydrogens is 202 g/mol. The summed E-state index contributed by atoms with van der Waals surface area (Å²) in [5.74, 6) is 0. The molecule has 1 aromatic rings. The van der Waals surface area contributed by atoms with Gasteiger partial charge < -0.3 is 4.74 Å². The van der Waals surface area contributed by atoms with E-state index in [4.69, 9.17) is 4.74 Å². The number of ether oxygens (including phenoxy) is 1. The van der Waals surface area contributed by atoms with Crippen LogP contribution in [0.1, 0.15) is 12.0 Å². The average Bonchev–Trinajstić information content (AvgIpc) is 2.77. The van der Waals surface area contributed by atoms with Gasteiger partial charge in [-0.15, -0.1) is 0 Å². The second-order valence-electron chi connectivity index (χ2n) is 3.84. The third-order valence-corrected chi connectivity index (χ3v) is 2.77. The molecule has 3 heteroatoms. The zero-order valence-corrected chi connectivity index (χ0v) is 9.30. The summed E-state index contributed by atoms with van der Waals surface area (Å²) in [5, 5.41) is 0. The number of hydrogen-bond acceptors (Lipinski definition) is 2. The van der Waals surface area contributed by atoms with Gasteiger partial charge in [0, 0.05) is 12.2 Å². The second kappa shape index (κ2) is 4.84. The van der Waals surface area contributed by atoms with Crippen LogP contribution in [0.3, 0.4) is 0 Å². The van der Waals surface area contributed by atoms with E-state index in [9.17, 15) is 4.79 Å². The first-order valence-corrected chi connectivity index (χ1v) is 5.38. The molecule has 0 N–H and O–H groups in total. The number of carbonyl (C=O) groups excluding carboxylic acids is 1. The molecule has 0 spiro atoms. The van der Waals surface area contributed by atoms with Gasteiger partial charge in [0.25, 0.3) is 0 Å². The van der Waals surface area contributed by atoms with Crippen molar-refractivity contribution in [2.45, 2.75) is 18.9 Å². The van der Waals surface area contributed by atoms with Gasteiger partial charge in [0.2, 0.25) is 0 Å². The highest BCUT2D eigenvalue weighted by atomic mass is 16.5. The fourth-order valence-electron chi connectivity index (χ4n) is 1.95. The third-order valence-electron chi connectivity index (χ3n) is 2.77. The number of nitrogens with zero attached hydrogens (tertiary/aromatic N) is 1. The van der Waals surface area contributed by atoms with Crippen molar-refractivity contribution in [2.24, 2.45) is 0 Å². The molecule has 3 nitrogen and oxygen atoms in total. The SMILES string of the molecule is COC(=O)N1C=CC[C@@H]1Cc1ccccc1. The standard InChI is InChI=1S/C13H15NO2/c1-16-13(15)14-9-5-8-12(14)10-11-6-3-2-4-7-11/h2-7,9,12H,8,10H2,1H3/t12-/m1/s1. The van der Waals surface area contributed by atoms with E-state index in [1.165, 1.54) is 12.7 Å². The van der Waals surface area contributed by atoms with E-state index in [1.807, 2.05) is 24.3 Å². The fourth-order valence-corrected chi connectivity index (χ4v) is 1.95. The summed E-state index contributed by atoms with van der Waals surface area (Å²) < 4.78 is 4.74. The first-order chi connectivity index (χ1) is 7.81. The molecule has 1 aromatic carbocycles. The highest BCUT2D eigenvalue weighted by Gasteiger charge is 2.25. The molecule has 0 bridgehead atoms. The molecule has 1 heterocycles. The van der Waals surface area contributed by atoms with Crippen LogP contribution in [-0.2, 0) is 11.2 Å². The van der Waals surface area contributed by atoms with Gasteiger partial charge in [-0.05, 0) is 18.4 Å². The third kappa shape index (κ3) is 2.24. The Morgan fingerprint density at radius 1 is 1.44 bits per heavy atom. The van der Waals surface area contributed by atoms with Crippen LogP contribution in [0.2, 0.25) is 0 Å². The van der Waals surface area contributed by atoms with Crippen LogP contribution in [-0.4, -0.2) is 24.1 Å². The van der Waals surface area contributed by atoms with Crippen molar-refractivity contribution in [3.05, 3.63) is 48.2 Å². The Morgan fingerprint density at radius 3 is 2.88 bits per heavy atom. The van der Waals surface area contributed by atoms with Crippen molar-refractivity contribution in [1.82, 2.24) is 4.90 Å². The monoisotopic (exact) mass is 217 g/mol. The van der Waals surface area contributed by atoms with E-state index in [0.717, 1.165) is 12.8 Å². The Hall–Kier alpha value is -1.77. The molecular formula is C13H15NO2. The topological polar surface area (TPSA) is 29.5 Å². The zero-order valence-electron chi connectivity index (χ0n) is 9.30. The van der Waals surface area contributed by atoms with Gasteiger partial charge in [0.15, 0.2) is 0 Å². The lowest BCUT2D eigenvalue weighted by Crippen LogP contribution is -2.34. The van der Waals surface area contributed by atoms with Gasteiger partial charge >= 0.3 is 6.09 Å². The van der Waals surface area contributed by atoms with E-state index >= 15 is 0 Å². The molecule has 0 aromatic heterocycles. The quantitative estimate of drug-likeness (QED) is 0.762. The highest BCUT2D eigenvalue weighted by molar-refractivity contribution is 5.69. The van der Waals surface area contributed by atoms with Crippen LogP contribution in [0, 0.1) is 0 Å². The molecule has 0 aliphatic carbocycles. The zero-order chi connectivity index (χ0) is 11.4. The molecule has 16 heavy (non-hydrogen) atoms. The molecule has 84 valence electrons. The summed E-state index contributed by atoms with van der Waals surface area (Å²) in [7, 11) is 1.41. The van der Waals surface area contributed by atoms with Gasteiger partial charge in [0.05, 0.1) is 7.11 Å². The lowest BCUT2D eigenvalue weighted by atomic mass is 10.0. The van der Waals surface area contributed by atoms with E-state index < -0.39 is 0 Å². The Bertz CT molecular complexity index is 386. The summed E-state index contributed by atoms with van der Waals surface area (Å²) in [4.78, 5) is 13.1. The summed E-state index contributed by atoms with van der Waals surface area (Å²) in [5.41, 5.74) is 1.24. The predicted molar refractivity (Wildman–Crippen MR) is 61.9 cm³/mol. The molecule has 1 atom stereocenters. The van der Waals surface area contributed by atoms with E-state index in [0.29, 0.717) is 0 Å². The summed E-state index contributed by atoms with van der Waals surface area (Å²) in [6.07, 6.45) is 5.28. The van der Waals surface area contributed by atoms with Gasteiger partial charge in [-0.25, -0.2) is 4.79 Å². The molecule has 1 aliphatic rings. The van der Waals surface area contributed by atoms with Crippen LogP contribution in [0.25, 0.3) is 0 Å². The predicted octanol–water partition coefficient (Wildman–Crippen LogP) is 2.58. The maximum absolute atomic E-state index is 11.5. The van der Waals surface area contributed by atoms with E-state index in [-0.39, 0.29) is 12.1 Å². The van der Waals surface area contributed by atoms with E-state index in [1.54, 1.807) is 11.1 Å². The highest BCUT2D eigenvalue weighted by Crippen LogP contribution is 2.19. The van der Waals surface area contributed by atoms with Crippen LogP contribution >= 0.6 is 0 Å².